The van der Waals surface area contributed by atoms with E-state index in [0.29, 0.717) is 21.3 Å². The van der Waals surface area contributed by atoms with E-state index in [1.54, 1.807) is 12.1 Å². The molecule has 1 atom stereocenters. The van der Waals surface area contributed by atoms with Crippen molar-refractivity contribution in [2.75, 3.05) is 5.32 Å². The van der Waals surface area contributed by atoms with Crippen LogP contribution in [0.3, 0.4) is 0 Å². The van der Waals surface area contributed by atoms with E-state index in [9.17, 15) is 4.39 Å². The number of hydrogen-bond acceptors (Lipinski definition) is 1. The fraction of sp³-hybridized carbons (Fsp3) is 0.417. The van der Waals surface area contributed by atoms with Crippen LogP contribution < -0.4 is 10.6 Å². The maximum atomic E-state index is 13.5. The molecule has 1 aromatic rings. The SMILES string of the molecule is CCCC(C)NC(=S)Nc1ccc(Br)cc1F. The van der Waals surface area contributed by atoms with Crippen molar-refractivity contribution >= 4 is 38.9 Å². The van der Waals surface area contributed by atoms with E-state index in [2.05, 4.69) is 40.4 Å². The Hall–Kier alpha value is -0.680. The highest BCUT2D eigenvalue weighted by atomic mass is 79.9. The van der Waals surface area contributed by atoms with Gasteiger partial charge in [0.25, 0.3) is 0 Å². The van der Waals surface area contributed by atoms with E-state index in [1.165, 1.54) is 6.07 Å². The van der Waals surface area contributed by atoms with Crippen molar-refractivity contribution < 1.29 is 4.39 Å². The van der Waals surface area contributed by atoms with Crippen molar-refractivity contribution in [3.63, 3.8) is 0 Å². The number of nitrogens with one attached hydrogen (secondary N) is 2. The zero-order valence-corrected chi connectivity index (χ0v) is 12.3. The molecular weight excluding hydrogens is 303 g/mol. The topological polar surface area (TPSA) is 24.1 Å². The van der Waals surface area contributed by atoms with Gasteiger partial charge in [-0.15, -0.1) is 0 Å². The van der Waals surface area contributed by atoms with Crippen molar-refractivity contribution in [2.24, 2.45) is 0 Å². The van der Waals surface area contributed by atoms with Crippen LogP contribution in [0.4, 0.5) is 10.1 Å². The van der Waals surface area contributed by atoms with E-state index >= 15 is 0 Å². The lowest BCUT2D eigenvalue weighted by Gasteiger charge is -2.16. The van der Waals surface area contributed by atoms with Crippen molar-refractivity contribution in [3.8, 4) is 0 Å². The van der Waals surface area contributed by atoms with E-state index in [-0.39, 0.29) is 5.82 Å². The number of anilines is 1. The Balaban J connectivity index is 2.56. The smallest absolute Gasteiger partial charge is 0.171 e. The summed E-state index contributed by atoms with van der Waals surface area (Å²) in [6, 6.07) is 5.11. The standard InChI is InChI=1S/C12H16BrFN2S/c1-3-4-8(2)15-12(17)16-11-6-5-9(13)7-10(11)14/h5-8H,3-4H2,1-2H3,(H2,15,16,17). The third-order valence-corrected chi connectivity index (χ3v) is 2.99. The molecule has 0 fully saturated rings. The lowest BCUT2D eigenvalue weighted by Crippen LogP contribution is -2.35. The number of hydrogen-bond donors (Lipinski definition) is 2. The van der Waals surface area contributed by atoms with Crippen LogP contribution >= 0.6 is 28.1 Å². The van der Waals surface area contributed by atoms with Crippen molar-refractivity contribution in [1.82, 2.24) is 5.32 Å². The third kappa shape index (κ3) is 5.00. The molecule has 94 valence electrons. The highest BCUT2D eigenvalue weighted by Gasteiger charge is 2.06. The molecule has 0 saturated heterocycles. The van der Waals surface area contributed by atoms with Crippen molar-refractivity contribution in [2.45, 2.75) is 32.7 Å². The van der Waals surface area contributed by atoms with Crippen molar-refractivity contribution in [1.29, 1.82) is 0 Å². The average molecular weight is 319 g/mol. The number of halogens is 2. The van der Waals surface area contributed by atoms with Crippen LogP contribution in [0.5, 0.6) is 0 Å². The summed E-state index contributed by atoms with van der Waals surface area (Å²) >= 11 is 8.33. The van der Waals surface area contributed by atoms with Gasteiger partial charge < -0.3 is 10.6 Å². The predicted molar refractivity (Wildman–Crippen MR) is 77.8 cm³/mol. The van der Waals surface area contributed by atoms with E-state index in [0.717, 1.165) is 12.8 Å². The van der Waals surface area contributed by atoms with Gasteiger partial charge in [0.05, 0.1) is 5.69 Å². The maximum absolute atomic E-state index is 13.5. The number of benzene rings is 1. The molecule has 0 bridgehead atoms. The summed E-state index contributed by atoms with van der Waals surface area (Å²) in [6.45, 7) is 4.17. The third-order valence-electron chi connectivity index (χ3n) is 2.28. The molecule has 1 unspecified atom stereocenters. The van der Waals surface area contributed by atoms with Gasteiger partial charge in [-0.3, -0.25) is 0 Å². The Kier molecular flexibility index (Phi) is 5.85. The maximum Gasteiger partial charge on any atom is 0.171 e. The second kappa shape index (κ2) is 6.91. The van der Waals surface area contributed by atoms with E-state index in [1.807, 2.05) is 0 Å². The van der Waals surface area contributed by atoms with Gasteiger partial charge in [0.1, 0.15) is 5.82 Å². The van der Waals surface area contributed by atoms with Crippen LogP contribution in [-0.4, -0.2) is 11.2 Å². The molecule has 1 rings (SSSR count). The second-order valence-electron chi connectivity index (χ2n) is 3.91. The fourth-order valence-electron chi connectivity index (χ4n) is 1.48. The summed E-state index contributed by atoms with van der Waals surface area (Å²) in [5, 5.41) is 6.42. The summed E-state index contributed by atoms with van der Waals surface area (Å²) in [5.41, 5.74) is 0.384. The normalized spacial score (nSPS) is 12.0. The van der Waals surface area contributed by atoms with Gasteiger partial charge in [0.15, 0.2) is 5.11 Å². The van der Waals surface area contributed by atoms with E-state index < -0.39 is 0 Å². The summed E-state index contributed by atoms with van der Waals surface area (Å²) < 4.78 is 14.2. The van der Waals surface area contributed by atoms with Crippen LogP contribution in [0, 0.1) is 5.82 Å². The fourth-order valence-corrected chi connectivity index (χ4v) is 2.12. The monoisotopic (exact) mass is 318 g/mol. The number of rotatable bonds is 4. The average Bonchev–Trinajstić information content (AvgIpc) is 2.22. The van der Waals surface area contributed by atoms with Gasteiger partial charge >= 0.3 is 0 Å². The lowest BCUT2D eigenvalue weighted by molar-refractivity contribution is 0.598. The molecule has 0 radical (unpaired) electrons. The van der Waals surface area contributed by atoms with Gasteiger partial charge in [-0.25, -0.2) is 4.39 Å². The first-order valence-corrected chi connectivity index (χ1v) is 6.75. The van der Waals surface area contributed by atoms with Crippen LogP contribution in [0.25, 0.3) is 0 Å². The summed E-state index contributed by atoms with van der Waals surface area (Å²) in [5.74, 6) is -0.327. The predicted octanol–water partition coefficient (Wildman–Crippen LogP) is 4.06. The zero-order chi connectivity index (χ0) is 12.8. The molecule has 2 N–H and O–H groups in total. The van der Waals surface area contributed by atoms with Gasteiger partial charge in [0, 0.05) is 10.5 Å². The first-order chi connectivity index (χ1) is 8.02. The molecule has 2 nitrogen and oxygen atoms in total. The molecular formula is C12H16BrFN2S. The Labute approximate surface area is 115 Å². The van der Waals surface area contributed by atoms with Crippen LogP contribution in [0.15, 0.2) is 22.7 Å². The molecule has 0 saturated carbocycles. The minimum atomic E-state index is -0.327. The van der Waals surface area contributed by atoms with Crippen LogP contribution in [0.1, 0.15) is 26.7 Å². The quantitative estimate of drug-likeness (QED) is 0.818. The molecule has 5 heteroatoms. The van der Waals surface area contributed by atoms with E-state index in [4.69, 9.17) is 12.2 Å². The molecule has 1 aromatic carbocycles. The molecule has 0 aliphatic carbocycles. The molecule has 17 heavy (non-hydrogen) atoms. The molecule has 0 spiro atoms. The van der Waals surface area contributed by atoms with Crippen LogP contribution in [0.2, 0.25) is 0 Å². The first-order valence-electron chi connectivity index (χ1n) is 5.55. The summed E-state index contributed by atoms with van der Waals surface area (Å²) in [7, 11) is 0. The minimum absolute atomic E-state index is 0.290. The molecule has 0 amide bonds. The largest absolute Gasteiger partial charge is 0.360 e. The van der Waals surface area contributed by atoms with Gasteiger partial charge in [0.2, 0.25) is 0 Å². The van der Waals surface area contributed by atoms with Crippen molar-refractivity contribution in [3.05, 3.63) is 28.5 Å². The van der Waals surface area contributed by atoms with Gasteiger partial charge in [-0.05, 0) is 43.8 Å². The number of thiocarbonyl (C=S) groups is 1. The lowest BCUT2D eigenvalue weighted by atomic mass is 10.2. The highest BCUT2D eigenvalue weighted by molar-refractivity contribution is 9.10. The summed E-state index contributed by atoms with van der Waals surface area (Å²) in [6.07, 6.45) is 2.12. The molecule has 0 aliphatic rings. The second-order valence-corrected chi connectivity index (χ2v) is 5.24. The molecule has 0 heterocycles. The summed E-state index contributed by atoms with van der Waals surface area (Å²) in [4.78, 5) is 0. The highest BCUT2D eigenvalue weighted by Crippen LogP contribution is 2.19. The van der Waals surface area contributed by atoms with Gasteiger partial charge in [-0.2, -0.15) is 0 Å². The Morgan fingerprint density at radius 1 is 1.53 bits per heavy atom. The zero-order valence-electron chi connectivity index (χ0n) is 9.89. The van der Waals surface area contributed by atoms with Crippen LogP contribution in [-0.2, 0) is 0 Å². The minimum Gasteiger partial charge on any atom is -0.360 e. The molecule has 0 aromatic heterocycles. The Morgan fingerprint density at radius 3 is 2.82 bits per heavy atom. The van der Waals surface area contributed by atoms with Gasteiger partial charge in [-0.1, -0.05) is 29.3 Å². The molecule has 0 aliphatic heterocycles. The Bertz CT molecular complexity index is 398. The first kappa shape index (κ1) is 14.4. The Morgan fingerprint density at radius 2 is 2.24 bits per heavy atom.